The van der Waals surface area contributed by atoms with Crippen LogP contribution in [-0.2, 0) is 54.4 Å². The summed E-state index contributed by atoms with van der Waals surface area (Å²) in [6.07, 6.45) is 0.125. The number of phenols is 1. The van der Waals surface area contributed by atoms with Gasteiger partial charge in [-0.3, -0.25) is 43.2 Å². The summed E-state index contributed by atoms with van der Waals surface area (Å²) in [5, 5.41) is 58.9. The first-order chi connectivity index (χ1) is 32.7. The van der Waals surface area contributed by atoms with E-state index in [0.717, 1.165) is 6.92 Å². The number of primary amides is 1. The number of aliphatic hydroxyl groups is 2. The Kier molecular flexibility index (Phi) is 26.6. The lowest BCUT2D eigenvalue weighted by Gasteiger charge is -2.29. The van der Waals surface area contributed by atoms with Crippen molar-refractivity contribution in [3.8, 4) is 5.75 Å². The second kappa shape index (κ2) is 30.3. The van der Waals surface area contributed by atoms with E-state index in [2.05, 4.69) is 42.5 Å². The Balaban J connectivity index is 3.26. The van der Waals surface area contributed by atoms with Gasteiger partial charge < -0.3 is 74.4 Å². The van der Waals surface area contributed by atoms with E-state index in [4.69, 9.17) is 11.5 Å². The monoisotopic (exact) mass is 993 g/mol. The molecule has 0 heterocycles. The summed E-state index contributed by atoms with van der Waals surface area (Å²) in [7, 11) is 0. The van der Waals surface area contributed by atoms with Crippen molar-refractivity contribution in [2.45, 2.75) is 155 Å². The summed E-state index contributed by atoms with van der Waals surface area (Å²) in [6, 6.07) is -7.25. The number of carboxylic acids is 1. The number of carbonyl (C=O) groups is 10. The third-order valence-electron chi connectivity index (χ3n) is 11.4. The summed E-state index contributed by atoms with van der Waals surface area (Å²) in [6.45, 7) is 13.3. The zero-order valence-electron chi connectivity index (χ0n) is 41.5. The van der Waals surface area contributed by atoms with Crippen LogP contribution in [0.5, 0.6) is 5.75 Å². The summed E-state index contributed by atoms with van der Waals surface area (Å²) in [5.74, 6) is -11.0. The Morgan fingerprint density at radius 3 is 1.40 bits per heavy atom. The van der Waals surface area contributed by atoms with Gasteiger partial charge in [0.2, 0.25) is 53.2 Å². The van der Waals surface area contributed by atoms with Crippen molar-refractivity contribution in [1.29, 1.82) is 0 Å². The molecule has 70 heavy (non-hydrogen) atoms. The van der Waals surface area contributed by atoms with Gasteiger partial charge in [0, 0.05) is 6.42 Å². The average Bonchev–Trinajstić information content (AvgIpc) is 3.29. The molecule has 0 aliphatic rings. The lowest BCUT2D eigenvalue weighted by molar-refractivity contribution is -0.143. The van der Waals surface area contributed by atoms with Gasteiger partial charge in [0.1, 0.15) is 54.1 Å². The number of aliphatic carboxylic acids is 1. The van der Waals surface area contributed by atoms with Crippen molar-refractivity contribution in [3.05, 3.63) is 29.8 Å². The summed E-state index contributed by atoms with van der Waals surface area (Å²) in [5.41, 5.74) is 11.9. The normalized spacial score (nSPS) is 16.0. The summed E-state index contributed by atoms with van der Waals surface area (Å²) < 4.78 is 0. The number of rotatable bonds is 31. The van der Waals surface area contributed by atoms with Crippen molar-refractivity contribution in [1.82, 2.24) is 42.5 Å². The SMILES string of the molecule is CC[C@H](C)[C@H](N)C(=O)N[C@H](C(=O)N[C@@H](Cc1ccc(O)cc1)C(=O)N[C@@H](CO)C(=O)N[C@@H](CC(N)=O)C(=O)N[C@@H](C)C(=O)N[C@@H](CO)C(=O)N[C@@H](CC(C)C)C(=O)N[C@@H](CC(C)C)C(=O)O)[C@@H](C)CC. The van der Waals surface area contributed by atoms with Gasteiger partial charge in [0.25, 0.3) is 0 Å². The van der Waals surface area contributed by atoms with E-state index in [1.54, 1.807) is 48.5 Å². The van der Waals surface area contributed by atoms with Crippen LogP contribution in [0.4, 0.5) is 0 Å². The smallest absolute Gasteiger partial charge is 0.326 e. The maximum Gasteiger partial charge on any atom is 0.326 e. The Bertz CT molecular complexity index is 1950. The maximum atomic E-state index is 13.9. The summed E-state index contributed by atoms with van der Waals surface area (Å²) >= 11 is 0. The molecule has 0 aliphatic carbocycles. The molecule has 24 heteroatoms. The number of phenolic OH excluding ortho intramolecular Hbond substituents is 1. The standard InChI is InChI=1S/C46H76N10O14/c1-10-24(7)36(48)44(67)56-37(25(8)11-2)45(68)52-30(18-27-12-14-28(59)15-13-27)41(64)55-34(21-58)43(66)51-31(19-35(47)60)39(62)49-26(9)38(61)54-33(20-57)42(65)50-29(16-22(3)4)40(63)53-32(46(69)70)17-23(5)6/h12-15,22-26,29-34,36-37,57-59H,10-11,16-21,48H2,1-9H3,(H2,47,60)(H,49,62)(H,50,65)(H,51,66)(H,52,68)(H,53,63)(H,54,61)(H,55,64)(H,56,67)(H,69,70)/t24-,25-,26-,29-,30-,31-,32-,33-,34-,36-,37-/m0/s1. The van der Waals surface area contributed by atoms with E-state index in [1.807, 2.05) is 6.92 Å². The zero-order chi connectivity index (χ0) is 53.6. The Hall–Kier alpha value is -6.40. The first kappa shape index (κ1) is 61.6. The molecule has 1 aromatic carbocycles. The second-order valence-corrected chi connectivity index (χ2v) is 18.4. The summed E-state index contributed by atoms with van der Waals surface area (Å²) in [4.78, 5) is 131. The van der Waals surface area contributed by atoms with Crippen molar-refractivity contribution in [3.63, 3.8) is 0 Å². The van der Waals surface area contributed by atoms with Gasteiger partial charge in [-0.2, -0.15) is 0 Å². The van der Waals surface area contributed by atoms with Crippen LogP contribution in [0.2, 0.25) is 0 Å². The molecule has 0 saturated carbocycles. The molecular formula is C46H76N10O14. The van der Waals surface area contributed by atoms with E-state index < -0.39 is 139 Å². The molecule has 0 fully saturated rings. The minimum Gasteiger partial charge on any atom is -0.508 e. The molecule has 394 valence electrons. The fourth-order valence-corrected chi connectivity index (χ4v) is 6.76. The van der Waals surface area contributed by atoms with Crippen molar-refractivity contribution >= 4 is 59.1 Å². The Morgan fingerprint density at radius 2 is 0.929 bits per heavy atom. The first-order valence-corrected chi connectivity index (χ1v) is 23.4. The molecule has 0 saturated heterocycles. The number of aromatic hydroxyl groups is 1. The third-order valence-corrected chi connectivity index (χ3v) is 11.4. The number of nitrogens with one attached hydrogen (secondary N) is 8. The van der Waals surface area contributed by atoms with Crippen molar-refractivity contribution in [2.75, 3.05) is 13.2 Å². The molecule has 0 aliphatic heterocycles. The highest BCUT2D eigenvalue weighted by atomic mass is 16.4. The van der Waals surface area contributed by atoms with E-state index in [9.17, 15) is 68.4 Å². The van der Waals surface area contributed by atoms with Crippen LogP contribution in [0.15, 0.2) is 24.3 Å². The molecular weight excluding hydrogens is 917 g/mol. The highest BCUT2D eigenvalue weighted by Gasteiger charge is 2.36. The maximum absolute atomic E-state index is 13.9. The molecule has 0 unspecified atom stereocenters. The number of nitrogens with two attached hydrogens (primary N) is 2. The van der Waals surface area contributed by atoms with Crippen LogP contribution in [0.25, 0.3) is 0 Å². The third kappa shape index (κ3) is 21.1. The molecule has 0 spiro atoms. The molecule has 0 bridgehead atoms. The molecule has 1 aromatic rings. The van der Waals surface area contributed by atoms with E-state index in [1.165, 1.54) is 24.3 Å². The lowest BCUT2D eigenvalue weighted by Crippen LogP contribution is -2.61. The number of hydrogen-bond donors (Lipinski definition) is 14. The number of carbonyl (C=O) groups excluding carboxylic acids is 9. The highest BCUT2D eigenvalue weighted by Crippen LogP contribution is 2.15. The lowest BCUT2D eigenvalue weighted by atomic mass is 9.95. The van der Waals surface area contributed by atoms with Gasteiger partial charge in [-0.1, -0.05) is 80.4 Å². The van der Waals surface area contributed by atoms with Gasteiger partial charge in [-0.15, -0.1) is 0 Å². The first-order valence-electron chi connectivity index (χ1n) is 23.4. The van der Waals surface area contributed by atoms with Gasteiger partial charge in [-0.05, 0) is 61.1 Å². The second-order valence-electron chi connectivity index (χ2n) is 18.4. The van der Waals surface area contributed by atoms with Crippen LogP contribution in [0.3, 0.4) is 0 Å². The predicted molar refractivity (Wildman–Crippen MR) is 254 cm³/mol. The highest BCUT2D eigenvalue weighted by molar-refractivity contribution is 5.99. The number of hydrogen-bond acceptors (Lipinski definition) is 14. The number of benzene rings is 1. The van der Waals surface area contributed by atoms with Crippen LogP contribution in [0.1, 0.15) is 100.0 Å². The van der Waals surface area contributed by atoms with Crippen LogP contribution >= 0.6 is 0 Å². The minimum atomic E-state index is -1.81. The van der Waals surface area contributed by atoms with E-state index in [0.29, 0.717) is 18.4 Å². The Labute approximate surface area is 408 Å². The van der Waals surface area contributed by atoms with Crippen LogP contribution < -0.4 is 54.0 Å². The predicted octanol–water partition coefficient (Wildman–Crippen LogP) is -2.71. The molecule has 0 radical (unpaired) electrons. The molecule has 16 N–H and O–H groups in total. The minimum absolute atomic E-state index is 0.0588. The van der Waals surface area contributed by atoms with Gasteiger partial charge in [-0.25, -0.2) is 4.79 Å². The molecule has 11 atom stereocenters. The largest absolute Gasteiger partial charge is 0.508 e. The van der Waals surface area contributed by atoms with Crippen molar-refractivity contribution < 1.29 is 68.4 Å². The number of aliphatic hydroxyl groups excluding tert-OH is 2. The topological polar surface area (TPSA) is 400 Å². The zero-order valence-corrected chi connectivity index (χ0v) is 41.5. The Morgan fingerprint density at radius 1 is 0.514 bits per heavy atom. The quantitative estimate of drug-likeness (QED) is 0.0360. The van der Waals surface area contributed by atoms with Gasteiger partial charge in [0.15, 0.2) is 0 Å². The average molecular weight is 993 g/mol. The van der Waals surface area contributed by atoms with Crippen LogP contribution in [-0.4, -0.2) is 147 Å². The van der Waals surface area contributed by atoms with Crippen LogP contribution in [0, 0.1) is 23.7 Å². The van der Waals surface area contributed by atoms with E-state index in [-0.39, 0.29) is 42.8 Å². The van der Waals surface area contributed by atoms with Gasteiger partial charge >= 0.3 is 5.97 Å². The fourth-order valence-electron chi connectivity index (χ4n) is 6.76. The van der Waals surface area contributed by atoms with Gasteiger partial charge in [0.05, 0.1) is 25.7 Å². The molecule has 0 aromatic heterocycles. The molecule has 24 nitrogen and oxygen atoms in total. The molecule has 9 amide bonds. The molecule has 1 rings (SSSR count). The van der Waals surface area contributed by atoms with Crippen molar-refractivity contribution in [2.24, 2.45) is 35.1 Å². The van der Waals surface area contributed by atoms with E-state index >= 15 is 0 Å². The number of carboxylic acid groups (broad SMARTS) is 1. The fraction of sp³-hybridized carbons (Fsp3) is 0.652. The number of amides is 9.